The van der Waals surface area contributed by atoms with Crippen molar-refractivity contribution >= 4 is 17.6 Å². The Balaban J connectivity index is 1.69. The minimum absolute atomic E-state index is 0.0212. The number of hydrogen-bond acceptors (Lipinski definition) is 7. The number of ether oxygens (including phenoxy) is 2. The average molecular weight is 345 g/mol. The van der Waals surface area contributed by atoms with Crippen LogP contribution in [0.1, 0.15) is 23.4 Å². The first kappa shape index (κ1) is 16.9. The monoisotopic (exact) mass is 345 g/mol. The minimum atomic E-state index is -0.530. The van der Waals surface area contributed by atoms with Crippen LogP contribution in [0.4, 0.5) is 5.69 Å². The third-order valence-corrected chi connectivity index (χ3v) is 4.18. The smallest absolute Gasteiger partial charge is 0.311 e. The number of esters is 1. The molecule has 132 valence electrons. The molecular formula is C17H19N3O5. The van der Waals surface area contributed by atoms with Gasteiger partial charge in [-0.2, -0.15) is 0 Å². The van der Waals surface area contributed by atoms with Crippen LogP contribution in [0.5, 0.6) is 5.75 Å². The Morgan fingerprint density at radius 2 is 2.16 bits per heavy atom. The Morgan fingerprint density at radius 1 is 1.36 bits per heavy atom. The fraction of sp³-hybridized carbons (Fsp3) is 0.412. The van der Waals surface area contributed by atoms with E-state index in [9.17, 15) is 9.59 Å². The zero-order valence-electron chi connectivity index (χ0n) is 14.3. The van der Waals surface area contributed by atoms with Crippen molar-refractivity contribution in [2.45, 2.75) is 26.9 Å². The van der Waals surface area contributed by atoms with E-state index in [2.05, 4.69) is 14.9 Å². The van der Waals surface area contributed by atoms with Gasteiger partial charge in [-0.3, -0.25) is 9.59 Å². The Kier molecular flexibility index (Phi) is 4.69. The molecule has 2 aromatic rings. The van der Waals surface area contributed by atoms with Crippen molar-refractivity contribution in [1.82, 2.24) is 10.3 Å². The van der Waals surface area contributed by atoms with E-state index < -0.39 is 11.9 Å². The number of aromatic nitrogens is 2. The predicted molar refractivity (Wildman–Crippen MR) is 87.0 cm³/mol. The van der Waals surface area contributed by atoms with Crippen molar-refractivity contribution < 1.29 is 23.7 Å². The van der Waals surface area contributed by atoms with Gasteiger partial charge in [-0.15, -0.1) is 0 Å². The normalized spacial score (nSPS) is 17.0. The number of amides is 1. The number of carbonyl (C=O) groups excluding carboxylic acids is 2. The summed E-state index contributed by atoms with van der Waals surface area (Å²) in [6.07, 6.45) is 0.103. The highest BCUT2D eigenvalue weighted by Gasteiger charge is 2.37. The number of aryl methyl sites for hydroxylation is 2. The first-order chi connectivity index (χ1) is 12.0. The summed E-state index contributed by atoms with van der Waals surface area (Å²) in [6.45, 7) is 3.88. The lowest BCUT2D eigenvalue weighted by Gasteiger charge is -2.20. The van der Waals surface area contributed by atoms with E-state index in [1.165, 1.54) is 0 Å². The molecule has 1 aliphatic rings. The largest absolute Gasteiger partial charge is 0.495 e. The molecule has 8 nitrogen and oxygen atoms in total. The molecule has 1 saturated heterocycles. The van der Waals surface area contributed by atoms with Gasteiger partial charge in [-0.05, 0) is 31.5 Å². The van der Waals surface area contributed by atoms with E-state index in [4.69, 9.17) is 9.47 Å². The molecule has 1 atom stereocenters. The lowest BCUT2D eigenvalue weighted by molar-refractivity contribution is -0.149. The molecule has 0 aliphatic carbocycles. The van der Waals surface area contributed by atoms with Crippen molar-refractivity contribution in [3.63, 3.8) is 0 Å². The second kappa shape index (κ2) is 6.92. The van der Waals surface area contributed by atoms with Gasteiger partial charge in [0.05, 0.1) is 18.7 Å². The summed E-state index contributed by atoms with van der Waals surface area (Å²) in [4.78, 5) is 26.2. The Hall–Kier alpha value is -2.90. The van der Waals surface area contributed by atoms with Gasteiger partial charge >= 0.3 is 5.97 Å². The van der Waals surface area contributed by atoms with Crippen LogP contribution >= 0.6 is 0 Å². The van der Waals surface area contributed by atoms with Gasteiger partial charge in [0.25, 0.3) is 0 Å². The summed E-state index contributed by atoms with van der Waals surface area (Å²) in [6, 6.07) is 5.59. The maximum absolute atomic E-state index is 12.4. The summed E-state index contributed by atoms with van der Waals surface area (Å²) in [7, 11) is 1.55. The first-order valence-electron chi connectivity index (χ1n) is 7.89. The van der Waals surface area contributed by atoms with Gasteiger partial charge in [0.2, 0.25) is 5.91 Å². The highest BCUT2D eigenvalue weighted by molar-refractivity contribution is 6.00. The van der Waals surface area contributed by atoms with Gasteiger partial charge in [-0.25, -0.2) is 4.63 Å². The Labute approximate surface area is 144 Å². The molecule has 3 rings (SSSR count). The number of rotatable bonds is 5. The fourth-order valence-corrected chi connectivity index (χ4v) is 2.75. The van der Waals surface area contributed by atoms with Crippen LogP contribution in [0.25, 0.3) is 0 Å². The maximum atomic E-state index is 12.4. The zero-order chi connectivity index (χ0) is 18.0. The molecule has 1 aliphatic heterocycles. The minimum Gasteiger partial charge on any atom is -0.495 e. The first-order valence-corrected chi connectivity index (χ1v) is 7.89. The molecule has 1 fully saturated rings. The van der Waals surface area contributed by atoms with Crippen molar-refractivity contribution in [1.29, 1.82) is 0 Å². The van der Waals surface area contributed by atoms with Crippen molar-refractivity contribution in [2.24, 2.45) is 5.92 Å². The SMILES string of the molecule is COc1ccc(C)cc1N1C[C@H](C(=O)OCc2nonc2C)CC1=O. The lowest BCUT2D eigenvalue weighted by atomic mass is 10.1. The third-order valence-electron chi connectivity index (χ3n) is 4.18. The van der Waals surface area contributed by atoms with Crippen LogP contribution in [0.15, 0.2) is 22.8 Å². The summed E-state index contributed by atoms with van der Waals surface area (Å²) in [5.74, 6) is -0.509. The molecule has 0 N–H and O–H groups in total. The molecule has 1 aromatic heterocycles. The van der Waals surface area contributed by atoms with Crippen molar-refractivity contribution in [2.75, 3.05) is 18.6 Å². The van der Waals surface area contributed by atoms with Gasteiger partial charge in [0.15, 0.2) is 0 Å². The molecule has 2 heterocycles. The summed E-state index contributed by atoms with van der Waals surface area (Å²) in [5.41, 5.74) is 2.71. The number of nitrogens with zero attached hydrogens (tertiary/aromatic N) is 3. The van der Waals surface area contributed by atoms with Crippen LogP contribution in [0.3, 0.4) is 0 Å². The van der Waals surface area contributed by atoms with Crippen LogP contribution < -0.4 is 9.64 Å². The maximum Gasteiger partial charge on any atom is 0.311 e. The van der Waals surface area contributed by atoms with E-state index in [1.807, 2.05) is 25.1 Å². The standard InChI is InChI=1S/C17H19N3O5/c1-10-4-5-15(23-3)14(6-10)20-8-12(7-16(20)21)17(22)24-9-13-11(2)18-25-19-13/h4-6,12H,7-9H2,1-3H3/t12-/m1/s1. The fourth-order valence-electron chi connectivity index (χ4n) is 2.75. The van der Waals surface area contributed by atoms with Gasteiger partial charge < -0.3 is 14.4 Å². The molecule has 0 saturated carbocycles. The highest BCUT2D eigenvalue weighted by Crippen LogP contribution is 2.34. The van der Waals surface area contributed by atoms with E-state index in [0.717, 1.165) is 5.56 Å². The Morgan fingerprint density at radius 3 is 2.84 bits per heavy atom. The summed E-state index contributed by atoms with van der Waals surface area (Å²) >= 11 is 0. The van der Waals surface area contributed by atoms with E-state index in [0.29, 0.717) is 22.8 Å². The molecule has 1 aromatic carbocycles. The molecule has 0 spiro atoms. The molecule has 0 radical (unpaired) electrons. The van der Waals surface area contributed by atoms with Crippen molar-refractivity contribution in [3.8, 4) is 5.75 Å². The van der Waals surface area contributed by atoms with E-state index in [-0.39, 0.29) is 25.5 Å². The van der Waals surface area contributed by atoms with Crippen molar-refractivity contribution in [3.05, 3.63) is 35.2 Å². The van der Waals surface area contributed by atoms with Gasteiger partial charge in [0.1, 0.15) is 23.7 Å². The van der Waals surface area contributed by atoms with Gasteiger partial charge in [0, 0.05) is 13.0 Å². The summed E-state index contributed by atoms with van der Waals surface area (Å²) in [5, 5.41) is 7.30. The number of carbonyl (C=O) groups is 2. The predicted octanol–water partition coefficient (Wildman–Crippen LogP) is 1.79. The number of hydrogen-bond donors (Lipinski definition) is 0. The zero-order valence-corrected chi connectivity index (χ0v) is 14.3. The molecule has 0 unspecified atom stereocenters. The highest BCUT2D eigenvalue weighted by atomic mass is 16.6. The number of anilines is 1. The average Bonchev–Trinajstić information content (AvgIpc) is 3.18. The second-order valence-corrected chi connectivity index (χ2v) is 5.98. The van der Waals surface area contributed by atoms with Crippen LogP contribution in [-0.2, 0) is 20.9 Å². The third kappa shape index (κ3) is 3.47. The number of methoxy groups -OCH3 is 1. The molecule has 0 bridgehead atoms. The Bertz CT molecular complexity index is 801. The van der Waals surface area contributed by atoms with E-state index >= 15 is 0 Å². The molecule has 1 amide bonds. The quantitative estimate of drug-likeness (QED) is 0.762. The topological polar surface area (TPSA) is 94.8 Å². The van der Waals surface area contributed by atoms with Crippen LogP contribution in [-0.4, -0.2) is 35.8 Å². The van der Waals surface area contributed by atoms with E-state index in [1.54, 1.807) is 18.9 Å². The molecule has 25 heavy (non-hydrogen) atoms. The second-order valence-electron chi connectivity index (χ2n) is 5.98. The van der Waals surface area contributed by atoms with Crippen LogP contribution in [0, 0.1) is 19.8 Å². The molecular weight excluding hydrogens is 326 g/mol. The lowest BCUT2D eigenvalue weighted by Crippen LogP contribution is -2.27. The van der Waals surface area contributed by atoms with Crippen LogP contribution in [0.2, 0.25) is 0 Å². The van der Waals surface area contributed by atoms with Gasteiger partial charge in [-0.1, -0.05) is 16.4 Å². The summed E-state index contributed by atoms with van der Waals surface area (Å²) < 4.78 is 15.1. The molecule has 8 heteroatoms. The number of benzene rings is 1.